The molecule has 0 saturated heterocycles. The van der Waals surface area contributed by atoms with Gasteiger partial charge in [-0.3, -0.25) is 4.79 Å². The van der Waals surface area contributed by atoms with Crippen molar-refractivity contribution < 1.29 is 23.2 Å². The average Bonchev–Trinajstić information content (AvgIpc) is 3.37. The normalized spacial score (nSPS) is 11.7. The van der Waals surface area contributed by atoms with Crippen LogP contribution in [0.4, 0.5) is 0 Å². The molecular weight excluding hydrogens is 370 g/mol. The van der Waals surface area contributed by atoms with Gasteiger partial charge in [0.15, 0.2) is 5.76 Å². The van der Waals surface area contributed by atoms with Gasteiger partial charge in [0, 0.05) is 6.42 Å². The van der Waals surface area contributed by atoms with Crippen molar-refractivity contribution in [1.82, 2.24) is 15.5 Å². The van der Waals surface area contributed by atoms with Crippen molar-refractivity contribution in [3.05, 3.63) is 54.3 Å². The van der Waals surface area contributed by atoms with Gasteiger partial charge in [-0.05, 0) is 17.7 Å². The Hall–Kier alpha value is -3.07. The van der Waals surface area contributed by atoms with Gasteiger partial charge in [0.25, 0.3) is 11.1 Å². The van der Waals surface area contributed by atoms with E-state index in [0.29, 0.717) is 12.2 Å². The lowest BCUT2D eigenvalue weighted by Crippen LogP contribution is -2.43. The minimum Gasteiger partial charge on any atom is -0.467 e. The van der Waals surface area contributed by atoms with Crippen molar-refractivity contribution in [2.45, 2.75) is 17.7 Å². The fourth-order valence-electron chi connectivity index (χ4n) is 2.32. The molecule has 0 aliphatic rings. The van der Waals surface area contributed by atoms with Gasteiger partial charge in [0.05, 0.1) is 19.1 Å². The molecule has 8 nitrogen and oxygen atoms in total. The maximum absolute atomic E-state index is 12.2. The fourth-order valence-corrected chi connectivity index (χ4v) is 2.89. The summed E-state index contributed by atoms with van der Waals surface area (Å²) in [4.78, 5) is 24.2. The molecule has 1 amide bonds. The van der Waals surface area contributed by atoms with Crippen LogP contribution >= 0.6 is 11.8 Å². The van der Waals surface area contributed by atoms with Crippen molar-refractivity contribution in [1.29, 1.82) is 0 Å². The Morgan fingerprint density at radius 1 is 1.19 bits per heavy atom. The summed E-state index contributed by atoms with van der Waals surface area (Å²) in [7, 11) is 1.29. The first-order chi connectivity index (χ1) is 13.2. The van der Waals surface area contributed by atoms with Crippen LogP contribution in [0, 0.1) is 0 Å². The lowest BCUT2D eigenvalue weighted by atomic mass is 10.1. The summed E-state index contributed by atoms with van der Waals surface area (Å²) in [5.41, 5.74) is 0.917. The first-order valence-corrected chi connectivity index (χ1v) is 9.05. The molecular formula is C18H17N3O5S. The van der Waals surface area contributed by atoms with Crippen LogP contribution < -0.4 is 5.32 Å². The van der Waals surface area contributed by atoms with Gasteiger partial charge in [-0.25, -0.2) is 4.79 Å². The summed E-state index contributed by atoms with van der Waals surface area (Å²) in [6.45, 7) is 0. The zero-order chi connectivity index (χ0) is 19.1. The molecule has 1 N–H and O–H groups in total. The van der Waals surface area contributed by atoms with Gasteiger partial charge < -0.3 is 18.9 Å². The Balaban J connectivity index is 1.55. The second kappa shape index (κ2) is 9.04. The molecule has 0 unspecified atom stereocenters. The van der Waals surface area contributed by atoms with E-state index in [0.717, 1.165) is 17.3 Å². The lowest BCUT2D eigenvalue weighted by molar-refractivity contribution is -0.144. The lowest BCUT2D eigenvalue weighted by Gasteiger charge is -2.16. The molecule has 0 fully saturated rings. The predicted molar refractivity (Wildman–Crippen MR) is 96.8 cm³/mol. The van der Waals surface area contributed by atoms with Gasteiger partial charge in [-0.15, -0.1) is 10.2 Å². The highest BCUT2D eigenvalue weighted by molar-refractivity contribution is 7.99. The van der Waals surface area contributed by atoms with E-state index in [9.17, 15) is 9.59 Å². The largest absolute Gasteiger partial charge is 0.467 e. The first kappa shape index (κ1) is 18.7. The number of furan rings is 1. The third-order valence-electron chi connectivity index (χ3n) is 3.57. The number of thioether (sulfide) groups is 1. The van der Waals surface area contributed by atoms with Crippen molar-refractivity contribution in [2.24, 2.45) is 0 Å². The summed E-state index contributed by atoms with van der Waals surface area (Å²) in [6, 6.07) is 12.0. The Morgan fingerprint density at radius 3 is 2.70 bits per heavy atom. The Labute approximate surface area is 159 Å². The summed E-state index contributed by atoms with van der Waals surface area (Å²) >= 11 is 1.07. The summed E-state index contributed by atoms with van der Waals surface area (Å²) in [6.07, 6.45) is 1.84. The third-order valence-corrected chi connectivity index (χ3v) is 4.39. The number of carbonyl (C=O) groups excluding carboxylic acids is 2. The molecule has 2 aromatic heterocycles. The van der Waals surface area contributed by atoms with E-state index in [1.165, 1.54) is 13.4 Å². The molecule has 9 heteroatoms. The Morgan fingerprint density at radius 2 is 2.00 bits per heavy atom. The molecule has 0 radical (unpaired) electrons. The summed E-state index contributed by atoms with van der Waals surface area (Å²) < 4.78 is 15.4. The zero-order valence-corrected chi connectivity index (χ0v) is 15.3. The Kier molecular flexibility index (Phi) is 6.26. The number of carbonyl (C=O) groups is 2. The molecule has 0 aliphatic heterocycles. The molecule has 2 heterocycles. The Bertz CT molecular complexity index is 880. The van der Waals surface area contributed by atoms with Crippen LogP contribution in [0.15, 0.2) is 62.8 Å². The number of nitrogens with zero attached hydrogens (tertiary/aromatic N) is 2. The number of esters is 1. The minimum absolute atomic E-state index is 0.0159. The molecule has 140 valence electrons. The van der Waals surface area contributed by atoms with Crippen LogP contribution in [0.3, 0.4) is 0 Å². The molecule has 0 bridgehead atoms. The first-order valence-electron chi connectivity index (χ1n) is 8.07. The van der Waals surface area contributed by atoms with E-state index >= 15 is 0 Å². The number of hydrogen-bond acceptors (Lipinski definition) is 8. The van der Waals surface area contributed by atoms with E-state index < -0.39 is 12.0 Å². The molecule has 0 spiro atoms. The van der Waals surface area contributed by atoms with Crippen LogP contribution in [-0.2, 0) is 20.7 Å². The van der Waals surface area contributed by atoms with Crippen LogP contribution in [0.25, 0.3) is 11.7 Å². The number of rotatable bonds is 8. The van der Waals surface area contributed by atoms with Crippen LogP contribution in [0.2, 0.25) is 0 Å². The highest BCUT2D eigenvalue weighted by atomic mass is 32.2. The molecule has 27 heavy (non-hydrogen) atoms. The van der Waals surface area contributed by atoms with Crippen LogP contribution in [0.5, 0.6) is 0 Å². The van der Waals surface area contributed by atoms with Gasteiger partial charge in [0.2, 0.25) is 5.91 Å². The number of benzene rings is 1. The number of aromatic nitrogens is 2. The van der Waals surface area contributed by atoms with E-state index in [-0.39, 0.29) is 22.8 Å². The summed E-state index contributed by atoms with van der Waals surface area (Å²) in [5.74, 6) is -0.145. The van der Waals surface area contributed by atoms with E-state index in [1.54, 1.807) is 12.1 Å². The number of ether oxygens (including phenoxy) is 1. The zero-order valence-electron chi connectivity index (χ0n) is 14.5. The second-order valence-corrected chi connectivity index (χ2v) is 6.40. The van der Waals surface area contributed by atoms with Gasteiger partial charge >= 0.3 is 5.97 Å². The van der Waals surface area contributed by atoms with Gasteiger partial charge in [0.1, 0.15) is 6.04 Å². The molecule has 0 aliphatic carbocycles. The highest BCUT2D eigenvalue weighted by Gasteiger charge is 2.22. The molecule has 1 atom stereocenters. The van der Waals surface area contributed by atoms with Crippen molar-refractivity contribution >= 4 is 23.6 Å². The SMILES string of the molecule is COC(=O)[C@H](Cc1ccccc1)NC(=O)CSc1nnc(-c2ccco2)o1. The topological polar surface area (TPSA) is 107 Å². The molecule has 3 aromatic rings. The molecule has 0 saturated carbocycles. The quantitative estimate of drug-likeness (QED) is 0.463. The second-order valence-electron chi connectivity index (χ2n) is 5.47. The monoisotopic (exact) mass is 387 g/mol. The van der Waals surface area contributed by atoms with Crippen molar-refractivity contribution in [3.8, 4) is 11.7 Å². The van der Waals surface area contributed by atoms with Crippen molar-refractivity contribution in [2.75, 3.05) is 12.9 Å². The van der Waals surface area contributed by atoms with Crippen LogP contribution in [0.1, 0.15) is 5.56 Å². The number of amides is 1. The maximum atomic E-state index is 12.2. The minimum atomic E-state index is -0.771. The third kappa shape index (κ3) is 5.20. The van der Waals surface area contributed by atoms with Gasteiger partial charge in [-0.1, -0.05) is 42.1 Å². The average molecular weight is 387 g/mol. The fraction of sp³-hybridized carbons (Fsp3) is 0.222. The molecule has 1 aromatic carbocycles. The van der Waals surface area contributed by atoms with E-state index in [2.05, 4.69) is 15.5 Å². The maximum Gasteiger partial charge on any atom is 0.328 e. The standard InChI is InChI=1S/C18H17N3O5S/c1-24-17(23)13(10-12-6-3-2-4-7-12)19-15(22)11-27-18-21-20-16(26-18)14-8-5-9-25-14/h2-9,13H,10-11H2,1H3,(H,19,22)/t13-/m0/s1. The molecule has 3 rings (SSSR count). The number of nitrogens with one attached hydrogen (secondary N) is 1. The predicted octanol–water partition coefficient (Wildman–Crippen LogP) is 2.32. The number of hydrogen-bond donors (Lipinski definition) is 1. The highest BCUT2D eigenvalue weighted by Crippen LogP contribution is 2.23. The van der Waals surface area contributed by atoms with E-state index in [4.69, 9.17) is 13.6 Å². The van der Waals surface area contributed by atoms with Crippen molar-refractivity contribution in [3.63, 3.8) is 0 Å². The van der Waals surface area contributed by atoms with Crippen LogP contribution in [-0.4, -0.2) is 41.0 Å². The number of methoxy groups -OCH3 is 1. The van der Waals surface area contributed by atoms with Gasteiger partial charge in [-0.2, -0.15) is 0 Å². The smallest absolute Gasteiger partial charge is 0.328 e. The summed E-state index contributed by atoms with van der Waals surface area (Å²) in [5, 5.41) is 10.6. The van der Waals surface area contributed by atoms with E-state index in [1.807, 2.05) is 30.3 Å².